The molecule has 1 aliphatic rings. The first-order valence-corrected chi connectivity index (χ1v) is 9.81. The predicted molar refractivity (Wildman–Crippen MR) is 124 cm³/mol. The number of methoxy groups -OCH3 is 2. The summed E-state index contributed by atoms with van der Waals surface area (Å²) in [7, 11) is 5.07. The molecule has 0 spiro atoms. The highest BCUT2D eigenvalue weighted by atomic mass is 127. The molecule has 0 fully saturated rings. The zero-order chi connectivity index (χ0) is 19.8. The third kappa shape index (κ3) is 6.22. The van der Waals surface area contributed by atoms with E-state index >= 15 is 0 Å². The number of aromatic nitrogens is 3. The van der Waals surface area contributed by atoms with Crippen LogP contribution in [0.4, 0.5) is 0 Å². The number of hydrogen-bond acceptors (Lipinski definition) is 5. The molecule has 1 aromatic heterocycles. The van der Waals surface area contributed by atoms with Crippen LogP contribution in [0.3, 0.4) is 0 Å². The van der Waals surface area contributed by atoms with Crippen LogP contribution < -0.4 is 20.1 Å². The number of nitrogens with zero attached hydrogens (tertiary/aromatic N) is 4. The van der Waals surface area contributed by atoms with Crippen LogP contribution in [0.1, 0.15) is 36.5 Å². The lowest BCUT2D eigenvalue weighted by molar-refractivity contribution is 0.390. The van der Waals surface area contributed by atoms with Crippen LogP contribution in [0.25, 0.3) is 0 Å². The van der Waals surface area contributed by atoms with E-state index < -0.39 is 0 Å². The first kappa shape index (κ1) is 23.2. The van der Waals surface area contributed by atoms with Gasteiger partial charge in [-0.3, -0.25) is 4.99 Å². The van der Waals surface area contributed by atoms with Gasteiger partial charge >= 0.3 is 0 Å². The lowest BCUT2D eigenvalue weighted by atomic mass is 10.2. The molecule has 0 bridgehead atoms. The first-order valence-electron chi connectivity index (χ1n) is 9.81. The fourth-order valence-corrected chi connectivity index (χ4v) is 3.42. The standard InChI is InChI=1S/C20H30N6O2.HI/c1-21-20(23-14-15-8-9-16(27-2)13-17(15)28-3)22-11-10-19-25-24-18-7-5-4-6-12-26(18)19;/h8-9,13H,4-7,10-12,14H2,1-3H3,(H2,21,22,23);1H. The van der Waals surface area contributed by atoms with E-state index in [2.05, 4.69) is 30.4 Å². The smallest absolute Gasteiger partial charge is 0.191 e. The maximum atomic E-state index is 5.45. The van der Waals surface area contributed by atoms with Crippen molar-refractivity contribution in [1.29, 1.82) is 0 Å². The van der Waals surface area contributed by atoms with Crippen molar-refractivity contribution < 1.29 is 9.47 Å². The summed E-state index contributed by atoms with van der Waals surface area (Å²) in [4.78, 5) is 4.30. The molecule has 0 saturated heterocycles. The van der Waals surface area contributed by atoms with Crippen LogP contribution >= 0.6 is 24.0 Å². The van der Waals surface area contributed by atoms with Crippen molar-refractivity contribution in [1.82, 2.24) is 25.4 Å². The van der Waals surface area contributed by atoms with Crippen molar-refractivity contribution in [2.24, 2.45) is 4.99 Å². The molecular formula is C20H31IN6O2. The second-order valence-corrected chi connectivity index (χ2v) is 6.78. The minimum atomic E-state index is 0. The number of nitrogens with one attached hydrogen (secondary N) is 2. The van der Waals surface area contributed by atoms with E-state index in [1.807, 2.05) is 18.2 Å². The molecule has 2 heterocycles. The minimum Gasteiger partial charge on any atom is -0.497 e. The van der Waals surface area contributed by atoms with E-state index in [9.17, 15) is 0 Å². The molecule has 0 unspecified atom stereocenters. The number of ether oxygens (including phenoxy) is 2. The van der Waals surface area contributed by atoms with Gasteiger partial charge in [-0.1, -0.05) is 6.42 Å². The molecule has 2 aromatic rings. The van der Waals surface area contributed by atoms with Gasteiger partial charge in [0, 0.05) is 51.2 Å². The molecule has 8 nitrogen and oxygen atoms in total. The zero-order valence-electron chi connectivity index (χ0n) is 17.4. The summed E-state index contributed by atoms with van der Waals surface area (Å²) in [5.41, 5.74) is 1.04. The predicted octanol–water partition coefficient (Wildman–Crippen LogP) is 2.55. The fraction of sp³-hybridized carbons (Fsp3) is 0.550. The largest absolute Gasteiger partial charge is 0.497 e. The van der Waals surface area contributed by atoms with E-state index in [4.69, 9.17) is 9.47 Å². The molecule has 0 radical (unpaired) electrons. The van der Waals surface area contributed by atoms with Crippen molar-refractivity contribution in [2.75, 3.05) is 27.8 Å². The van der Waals surface area contributed by atoms with Crippen LogP contribution in [-0.4, -0.2) is 48.5 Å². The topological polar surface area (TPSA) is 85.6 Å². The molecule has 0 saturated carbocycles. The normalized spacial score (nSPS) is 13.7. The Morgan fingerprint density at radius 3 is 2.76 bits per heavy atom. The lowest BCUT2D eigenvalue weighted by Crippen LogP contribution is -2.38. The first-order chi connectivity index (χ1) is 13.7. The number of halogens is 1. The third-order valence-corrected chi connectivity index (χ3v) is 4.99. The summed E-state index contributed by atoms with van der Waals surface area (Å²) in [6.45, 7) is 2.38. The fourth-order valence-electron chi connectivity index (χ4n) is 3.42. The number of fused-ring (bicyclic) bond motifs is 1. The molecule has 160 valence electrons. The molecule has 0 aliphatic carbocycles. The van der Waals surface area contributed by atoms with E-state index in [1.54, 1.807) is 21.3 Å². The summed E-state index contributed by atoms with van der Waals surface area (Å²) in [5, 5.41) is 15.4. The Hall–Kier alpha value is -2.04. The molecule has 1 aliphatic heterocycles. The maximum Gasteiger partial charge on any atom is 0.191 e. The summed E-state index contributed by atoms with van der Waals surface area (Å²) in [5.74, 6) is 4.48. The van der Waals surface area contributed by atoms with Crippen molar-refractivity contribution in [3.63, 3.8) is 0 Å². The molecule has 1 aromatic carbocycles. The molecule has 2 N–H and O–H groups in total. The van der Waals surface area contributed by atoms with Gasteiger partial charge in [-0.2, -0.15) is 0 Å². The van der Waals surface area contributed by atoms with Crippen molar-refractivity contribution in [3.05, 3.63) is 35.4 Å². The summed E-state index contributed by atoms with van der Waals surface area (Å²) in [6, 6.07) is 5.79. The molecular weight excluding hydrogens is 483 g/mol. The van der Waals surface area contributed by atoms with Crippen molar-refractivity contribution >= 4 is 29.9 Å². The van der Waals surface area contributed by atoms with Crippen molar-refractivity contribution in [2.45, 2.75) is 45.2 Å². The SMILES string of the molecule is CN=C(NCCc1nnc2n1CCCCC2)NCc1ccc(OC)cc1OC.I. The maximum absolute atomic E-state index is 5.45. The quantitative estimate of drug-likeness (QED) is 0.336. The number of rotatable bonds is 7. The highest BCUT2D eigenvalue weighted by Gasteiger charge is 2.14. The molecule has 0 amide bonds. The van der Waals surface area contributed by atoms with Gasteiger partial charge in [0.25, 0.3) is 0 Å². The lowest BCUT2D eigenvalue weighted by Gasteiger charge is -2.14. The Morgan fingerprint density at radius 1 is 1.14 bits per heavy atom. The van der Waals surface area contributed by atoms with Crippen LogP contribution in [0.5, 0.6) is 11.5 Å². The summed E-state index contributed by atoms with van der Waals surface area (Å²) >= 11 is 0. The number of hydrogen-bond donors (Lipinski definition) is 2. The van der Waals surface area contributed by atoms with Gasteiger partial charge in [0.1, 0.15) is 23.1 Å². The van der Waals surface area contributed by atoms with Gasteiger partial charge in [-0.25, -0.2) is 0 Å². The highest BCUT2D eigenvalue weighted by molar-refractivity contribution is 14.0. The van der Waals surface area contributed by atoms with Gasteiger partial charge in [-0.15, -0.1) is 34.2 Å². The highest BCUT2D eigenvalue weighted by Crippen LogP contribution is 2.24. The van der Waals surface area contributed by atoms with Gasteiger partial charge in [0.2, 0.25) is 0 Å². The molecule has 9 heteroatoms. The number of guanidine groups is 1. The number of aliphatic imine (C=N–C) groups is 1. The zero-order valence-corrected chi connectivity index (χ0v) is 19.7. The number of benzene rings is 1. The van der Waals surface area contributed by atoms with Gasteiger partial charge in [0.05, 0.1) is 14.2 Å². The Balaban J connectivity index is 0.00000300. The molecule has 0 atom stereocenters. The molecule has 3 rings (SSSR count). The van der Waals surface area contributed by atoms with Gasteiger partial charge in [0.15, 0.2) is 5.96 Å². The van der Waals surface area contributed by atoms with Gasteiger partial charge < -0.3 is 24.7 Å². The molecule has 29 heavy (non-hydrogen) atoms. The second-order valence-electron chi connectivity index (χ2n) is 6.78. The van der Waals surface area contributed by atoms with Crippen LogP contribution in [0.15, 0.2) is 23.2 Å². The minimum absolute atomic E-state index is 0. The van der Waals surface area contributed by atoms with E-state index in [0.29, 0.717) is 6.54 Å². The Kier molecular flexibility index (Phi) is 9.49. The Labute approximate surface area is 189 Å². The number of aryl methyl sites for hydroxylation is 1. The monoisotopic (exact) mass is 514 g/mol. The Bertz CT molecular complexity index is 808. The van der Waals surface area contributed by atoms with E-state index in [-0.39, 0.29) is 24.0 Å². The van der Waals surface area contributed by atoms with Crippen LogP contribution in [0, 0.1) is 0 Å². The second kappa shape index (κ2) is 11.8. The van der Waals surface area contributed by atoms with Crippen LogP contribution in [0.2, 0.25) is 0 Å². The van der Waals surface area contributed by atoms with E-state index in [1.165, 1.54) is 19.3 Å². The Morgan fingerprint density at radius 2 is 2.00 bits per heavy atom. The van der Waals surface area contributed by atoms with Gasteiger partial charge in [-0.05, 0) is 25.0 Å². The third-order valence-electron chi connectivity index (χ3n) is 4.99. The summed E-state index contributed by atoms with van der Waals surface area (Å²) in [6.07, 6.45) is 5.54. The summed E-state index contributed by atoms with van der Waals surface area (Å²) < 4.78 is 13.0. The van der Waals surface area contributed by atoms with E-state index in [0.717, 1.165) is 60.6 Å². The van der Waals surface area contributed by atoms with Crippen LogP contribution in [-0.2, 0) is 25.9 Å². The average Bonchev–Trinajstić information content (AvgIpc) is 2.96. The average molecular weight is 514 g/mol. The van der Waals surface area contributed by atoms with Crippen molar-refractivity contribution in [3.8, 4) is 11.5 Å².